The van der Waals surface area contributed by atoms with E-state index in [0.29, 0.717) is 0 Å². The second-order valence-electron chi connectivity index (χ2n) is 3.94. The van der Waals surface area contributed by atoms with Crippen molar-refractivity contribution in [1.82, 2.24) is 0 Å². The summed E-state index contributed by atoms with van der Waals surface area (Å²) in [5.41, 5.74) is 3.98. The quantitative estimate of drug-likeness (QED) is 0.669. The first-order chi connectivity index (χ1) is 7.86. The Morgan fingerprint density at radius 3 is 2.62 bits per heavy atom. The van der Waals surface area contributed by atoms with Crippen molar-refractivity contribution in [3.05, 3.63) is 77.4 Å². The molecule has 0 aromatic heterocycles. The van der Waals surface area contributed by atoms with Crippen LogP contribution >= 0.6 is 0 Å². The van der Waals surface area contributed by atoms with Gasteiger partial charge in [0.2, 0.25) is 0 Å². The first kappa shape index (κ1) is 10.7. The number of allylic oxidation sites excluding steroid dienone is 7. The van der Waals surface area contributed by atoms with E-state index < -0.39 is 0 Å². The molecule has 0 amide bonds. The molecule has 16 heavy (non-hydrogen) atoms. The van der Waals surface area contributed by atoms with Gasteiger partial charge in [-0.3, -0.25) is 0 Å². The van der Waals surface area contributed by atoms with Crippen molar-refractivity contribution in [3.63, 3.8) is 0 Å². The Kier molecular flexibility index (Phi) is 3.55. The fraction of sp³-hybridized carbons (Fsp3) is 0.125. The minimum atomic E-state index is 1.04. The SMILES string of the molecule is CC(C=Cc1ccccc1)=C1C=CC=CC1. The average molecular weight is 208 g/mol. The Morgan fingerprint density at radius 2 is 1.94 bits per heavy atom. The van der Waals surface area contributed by atoms with E-state index in [1.807, 2.05) is 6.07 Å². The summed E-state index contributed by atoms with van der Waals surface area (Å²) in [6.07, 6.45) is 14.0. The lowest BCUT2D eigenvalue weighted by Crippen LogP contribution is -1.84. The normalized spacial score (nSPS) is 18.1. The van der Waals surface area contributed by atoms with E-state index >= 15 is 0 Å². The first-order valence-corrected chi connectivity index (χ1v) is 5.62. The maximum atomic E-state index is 2.19. The monoisotopic (exact) mass is 208 g/mol. The van der Waals surface area contributed by atoms with E-state index in [4.69, 9.17) is 0 Å². The van der Waals surface area contributed by atoms with E-state index in [2.05, 4.69) is 67.6 Å². The summed E-state index contributed by atoms with van der Waals surface area (Å²) < 4.78 is 0. The first-order valence-electron chi connectivity index (χ1n) is 5.62. The van der Waals surface area contributed by atoms with Crippen molar-refractivity contribution in [1.29, 1.82) is 0 Å². The van der Waals surface area contributed by atoms with Crippen molar-refractivity contribution in [2.75, 3.05) is 0 Å². The highest BCUT2D eigenvalue weighted by Gasteiger charge is 1.96. The molecule has 0 atom stereocenters. The van der Waals surface area contributed by atoms with Crippen LogP contribution in [0.5, 0.6) is 0 Å². The third-order valence-corrected chi connectivity index (χ3v) is 2.71. The Labute approximate surface area is 97.3 Å². The highest BCUT2D eigenvalue weighted by atomic mass is 14.0. The molecule has 80 valence electrons. The van der Waals surface area contributed by atoms with Crippen molar-refractivity contribution in [3.8, 4) is 0 Å². The standard InChI is InChI=1S/C16H16/c1-14(16-10-6-3-7-11-16)12-13-15-8-4-2-5-9-15/h2-10,12-13H,11H2,1H3. The van der Waals surface area contributed by atoms with Crippen LogP contribution in [0.3, 0.4) is 0 Å². The fourth-order valence-electron chi connectivity index (χ4n) is 1.70. The fourth-order valence-corrected chi connectivity index (χ4v) is 1.70. The number of hydrogen-bond donors (Lipinski definition) is 0. The zero-order valence-electron chi connectivity index (χ0n) is 9.56. The zero-order valence-corrected chi connectivity index (χ0v) is 9.56. The molecule has 0 radical (unpaired) electrons. The van der Waals surface area contributed by atoms with Gasteiger partial charge in [0.1, 0.15) is 0 Å². The zero-order chi connectivity index (χ0) is 11.2. The molecule has 0 aliphatic heterocycles. The lowest BCUT2D eigenvalue weighted by molar-refractivity contribution is 1.21. The molecular weight excluding hydrogens is 192 g/mol. The van der Waals surface area contributed by atoms with Crippen LogP contribution in [0.25, 0.3) is 6.08 Å². The third kappa shape index (κ3) is 2.83. The second kappa shape index (κ2) is 5.32. The third-order valence-electron chi connectivity index (χ3n) is 2.71. The molecule has 0 nitrogen and oxygen atoms in total. The van der Waals surface area contributed by atoms with Crippen LogP contribution in [0.15, 0.2) is 71.9 Å². The molecule has 0 saturated heterocycles. The summed E-state index contributed by atoms with van der Waals surface area (Å²) in [6.45, 7) is 2.16. The van der Waals surface area contributed by atoms with Crippen molar-refractivity contribution < 1.29 is 0 Å². The van der Waals surface area contributed by atoms with E-state index in [0.717, 1.165) is 6.42 Å². The Morgan fingerprint density at radius 1 is 1.12 bits per heavy atom. The number of rotatable bonds is 2. The predicted molar refractivity (Wildman–Crippen MR) is 71.1 cm³/mol. The van der Waals surface area contributed by atoms with Crippen LogP contribution in [0.1, 0.15) is 18.9 Å². The summed E-state index contributed by atoms with van der Waals surface area (Å²) in [5, 5.41) is 0. The van der Waals surface area contributed by atoms with E-state index in [9.17, 15) is 0 Å². The second-order valence-corrected chi connectivity index (χ2v) is 3.94. The number of hydrogen-bond acceptors (Lipinski definition) is 0. The molecule has 0 N–H and O–H groups in total. The van der Waals surface area contributed by atoms with Crippen molar-refractivity contribution in [2.45, 2.75) is 13.3 Å². The van der Waals surface area contributed by atoms with Gasteiger partial charge in [-0.1, -0.05) is 66.8 Å². The van der Waals surface area contributed by atoms with Crippen molar-refractivity contribution >= 4 is 6.08 Å². The largest absolute Gasteiger partial charge is 0.0801 e. The van der Waals surface area contributed by atoms with Gasteiger partial charge in [-0.15, -0.1) is 0 Å². The molecule has 0 spiro atoms. The average Bonchev–Trinajstić information content (AvgIpc) is 2.38. The summed E-state index contributed by atoms with van der Waals surface area (Å²) in [6, 6.07) is 10.4. The molecule has 1 aliphatic rings. The lowest BCUT2D eigenvalue weighted by atomic mass is 10.0. The van der Waals surface area contributed by atoms with Gasteiger partial charge in [0.15, 0.2) is 0 Å². The summed E-state index contributed by atoms with van der Waals surface area (Å²) in [5.74, 6) is 0. The van der Waals surface area contributed by atoms with Gasteiger partial charge in [0.25, 0.3) is 0 Å². The highest BCUT2D eigenvalue weighted by Crippen LogP contribution is 2.16. The molecule has 0 fully saturated rings. The number of benzene rings is 1. The molecule has 0 heteroatoms. The van der Waals surface area contributed by atoms with Crippen LogP contribution in [0.2, 0.25) is 0 Å². The smallest absolute Gasteiger partial charge is 0.00917 e. The topological polar surface area (TPSA) is 0 Å². The molecule has 1 aliphatic carbocycles. The molecular formula is C16H16. The van der Waals surface area contributed by atoms with E-state index in [-0.39, 0.29) is 0 Å². The summed E-state index contributed by atoms with van der Waals surface area (Å²) in [4.78, 5) is 0. The van der Waals surface area contributed by atoms with Gasteiger partial charge in [-0.25, -0.2) is 0 Å². The van der Waals surface area contributed by atoms with E-state index in [1.54, 1.807) is 0 Å². The summed E-state index contributed by atoms with van der Waals surface area (Å²) >= 11 is 0. The van der Waals surface area contributed by atoms with Gasteiger partial charge >= 0.3 is 0 Å². The van der Waals surface area contributed by atoms with Gasteiger partial charge in [-0.2, -0.15) is 0 Å². The van der Waals surface area contributed by atoms with Crippen LogP contribution in [-0.2, 0) is 0 Å². The molecule has 0 bridgehead atoms. The molecule has 0 saturated carbocycles. The lowest BCUT2D eigenvalue weighted by Gasteiger charge is -2.04. The minimum Gasteiger partial charge on any atom is -0.0801 e. The molecule has 1 aromatic carbocycles. The van der Waals surface area contributed by atoms with E-state index in [1.165, 1.54) is 16.7 Å². The highest BCUT2D eigenvalue weighted by molar-refractivity contribution is 5.54. The van der Waals surface area contributed by atoms with Crippen LogP contribution < -0.4 is 0 Å². The van der Waals surface area contributed by atoms with Gasteiger partial charge < -0.3 is 0 Å². The maximum Gasteiger partial charge on any atom is -0.00917 e. The maximum absolute atomic E-state index is 2.19. The Hall–Kier alpha value is -1.82. The molecule has 2 rings (SSSR count). The van der Waals surface area contributed by atoms with Crippen LogP contribution in [0.4, 0.5) is 0 Å². The molecule has 1 aromatic rings. The molecule has 0 unspecified atom stereocenters. The minimum absolute atomic E-state index is 1.04. The summed E-state index contributed by atoms with van der Waals surface area (Å²) in [7, 11) is 0. The molecule has 0 heterocycles. The van der Waals surface area contributed by atoms with Gasteiger partial charge in [0, 0.05) is 0 Å². The van der Waals surface area contributed by atoms with Crippen LogP contribution in [0, 0.1) is 0 Å². The Balaban J connectivity index is 2.13. The Bertz CT molecular complexity index is 456. The predicted octanol–water partition coefficient (Wildman–Crippen LogP) is 4.53. The van der Waals surface area contributed by atoms with Crippen LogP contribution in [-0.4, -0.2) is 0 Å². The van der Waals surface area contributed by atoms with Crippen molar-refractivity contribution in [2.24, 2.45) is 0 Å². The van der Waals surface area contributed by atoms with Gasteiger partial charge in [0.05, 0.1) is 0 Å². The van der Waals surface area contributed by atoms with Gasteiger partial charge in [-0.05, 0) is 30.1 Å².